The van der Waals surface area contributed by atoms with Gasteiger partial charge in [-0.25, -0.2) is 22.4 Å². The Bertz CT molecular complexity index is 621. The first-order valence-electron chi connectivity index (χ1n) is 4.40. The van der Waals surface area contributed by atoms with Crippen LogP contribution in [0.5, 0.6) is 0 Å². The summed E-state index contributed by atoms with van der Waals surface area (Å²) in [7, 11) is 1.02. The minimum atomic E-state index is -1.97. The Hall–Kier alpha value is -2.05. The number of carbonyl (C=O) groups is 1. The Morgan fingerprint density at radius 2 is 1.71 bits per heavy atom. The first-order valence-corrected chi connectivity index (χ1v) is 4.40. The van der Waals surface area contributed by atoms with Gasteiger partial charge in [-0.05, 0) is 0 Å². The van der Waals surface area contributed by atoms with Crippen molar-refractivity contribution >= 4 is 16.9 Å². The van der Waals surface area contributed by atoms with Crippen LogP contribution in [0.2, 0.25) is 0 Å². The second-order valence-corrected chi connectivity index (χ2v) is 3.20. The number of aromatic amines is 1. The van der Waals surface area contributed by atoms with Crippen LogP contribution < -0.4 is 0 Å². The average molecular weight is 247 g/mol. The van der Waals surface area contributed by atoms with Crippen molar-refractivity contribution in [3.05, 3.63) is 35.0 Å². The van der Waals surface area contributed by atoms with Gasteiger partial charge in [0, 0.05) is 6.20 Å². The maximum absolute atomic E-state index is 13.4. The van der Waals surface area contributed by atoms with Gasteiger partial charge in [-0.2, -0.15) is 0 Å². The largest absolute Gasteiger partial charge is 0.465 e. The summed E-state index contributed by atoms with van der Waals surface area (Å²) in [6.07, 6.45) is 0.918. The van der Waals surface area contributed by atoms with Gasteiger partial charge in [-0.1, -0.05) is 0 Å². The summed E-state index contributed by atoms with van der Waals surface area (Å²) in [5.74, 6) is -8.12. The van der Waals surface area contributed by atoms with Crippen LogP contribution >= 0.6 is 0 Å². The lowest BCUT2D eigenvalue weighted by molar-refractivity contribution is 0.0602. The molecule has 0 aliphatic heterocycles. The van der Waals surface area contributed by atoms with Gasteiger partial charge < -0.3 is 9.72 Å². The van der Waals surface area contributed by atoms with E-state index in [2.05, 4.69) is 9.72 Å². The molecule has 0 atom stereocenters. The number of fused-ring (bicyclic) bond motifs is 1. The van der Waals surface area contributed by atoms with E-state index < -0.39 is 45.7 Å². The lowest BCUT2D eigenvalue weighted by Crippen LogP contribution is -2.03. The minimum absolute atomic E-state index is 0.405. The molecule has 1 N–H and O–H groups in total. The molecule has 17 heavy (non-hydrogen) atoms. The summed E-state index contributed by atoms with van der Waals surface area (Å²) >= 11 is 0. The molecule has 0 fully saturated rings. The first-order chi connectivity index (χ1) is 7.99. The van der Waals surface area contributed by atoms with Gasteiger partial charge >= 0.3 is 5.97 Å². The number of ether oxygens (including phenoxy) is 1. The van der Waals surface area contributed by atoms with E-state index in [1.807, 2.05) is 0 Å². The molecule has 0 saturated carbocycles. The molecule has 7 heteroatoms. The summed E-state index contributed by atoms with van der Waals surface area (Å²) in [6.45, 7) is 0. The third-order valence-corrected chi connectivity index (χ3v) is 2.30. The number of hydrogen-bond acceptors (Lipinski definition) is 2. The Morgan fingerprint density at radius 1 is 1.12 bits per heavy atom. The van der Waals surface area contributed by atoms with Crippen molar-refractivity contribution in [3.63, 3.8) is 0 Å². The van der Waals surface area contributed by atoms with Crippen molar-refractivity contribution in [3.8, 4) is 0 Å². The molecular weight excluding hydrogens is 242 g/mol. The van der Waals surface area contributed by atoms with Crippen molar-refractivity contribution in [2.75, 3.05) is 7.11 Å². The molecule has 0 spiro atoms. The van der Waals surface area contributed by atoms with Crippen LogP contribution in [0.15, 0.2) is 6.20 Å². The molecule has 1 heterocycles. The number of benzene rings is 1. The van der Waals surface area contributed by atoms with Crippen LogP contribution in [-0.4, -0.2) is 18.1 Å². The number of H-pyrrole nitrogens is 1. The summed E-state index contributed by atoms with van der Waals surface area (Å²) in [5, 5.41) is -0.673. The molecule has 2 rings (SSSR count). The van der Waals surface area contributed by atoms with E-state index in [1.165, 1.54) is 0 Å². The SMILES string of the molecule is COC(=O)c1c[nH]c2c(F)c(F)c(F)c(F)c12. The summed E-state index contributed by atoms with van der Waals surface area (Å²) in [6, 6.07) is 0. The normalized spacial score (nSPS) is 10.9. The molecule has 90 valence electrons. The number of methoxy groups -OCH3 is 1. The fourth-order valence-corrected chi connectivity index (χ4v) is 1.51. The zero-order valence-corrected chi connectivity index (χ0v) is 8.41. The quantitative estimate of drug-likeness (QED) is 0.364. The summed E-state index contributed by atoms with van der Waals surface area (Å²) < 4.78 is 56.9. The standard InChI is InChI=1S/C10H5F4NO2/c1-17-10(16)3-2-15-9-4(3)5(11)6(12)7(13)8(9)14/h2,15H,1H3. The maximum Gasteiger partial charge on any atom is 0.340 e. The number of nitrogens with one attached hydrogen (secondary N) is 1. The van der Waals surface area contributed by atoms with Crippen LogP contribution in [0, 0.1) is 23.3 Å². The fourth-order valence-electron chi connectivity index (χ4n) is 1.51. The molecule has 0 aliphatic carbocycles. The Kier molecular flexibility index (Phi) is 2.53. The Labute approximate surface area is 92.0 Å². The average Bonchev–Trinajstić information content (AvgIpc) is 2.77. The van der Waals surface area contributed by atoms with Gasteiger partial charge in [0.2, 0.25) is 0 Å². The highest BCUT2D eigenvalue weighted by atomic mass is 19.2. The number of halogens is 4. The molecule has 2 aromatic rings. The highest BCUT2D eigenvalue weighted by molar-refractivity contribution is 6.04. The van der Waals surface area contributed by atoms with Gasteiger partial charge in [0.15, 0.2) is 23.3 Å². The summed E-state index contributed by atoms with van der Waals surface area (Å²) in [4.78, 5) is 13.4. The maximum atomic E-state index is 13.4. The molecule has 0 amide bonds. The van der Waals surface area contributed by atoms with Gasteiger partial charge in [-0.3, -0.25) is 0 Å². The van der Waals surface area contributed by atoms with E-state index in [-0.39, 0.29) is 0 Å². The molecule has 0 radical (unpaired) electrons. The number of esters is 1. The van der Waals surface area contributed by atoms with Crippen molar-refractivity contribution in [2.24, 2.45) is 0 Å². The fraction of sp³-hybridized carbons (Fsp3) is 0.100. The molecule has 1 aromatic carbocycles. The van der Waals surface area contributed by atoms with Crippen LogP contribution in [0.25, 0.3) is 10.9 Å². The number of rotatable bonds is 1. The van der Waals surface area contributed by atoms with Crippen molar-refractivity contribution in [1.82, 2.24) is 4.98 Å². The molecule has 1 aromatic heterocycles. The second kappa shape index (κ2) is 3.76. The van der Waals surface area contributed by atoms with Crippen LogP contribution in [0.3, 0.4) is 0 Å². The highest BCUT2D eigenvalue weighted by Crippen LogP contribution is 2.29. The molecule has 0 unspecified atom stereocenters. The van der Waals surface area contributed by atoms with Gasteiger partial charge in [0.25, 0.3) is 0 Å². The van der Waals surface area contributed by atoms with E-state index in [4.69, 9.17) is 0 Å². The number of hydrogen-bond donors (Lipinski definition) is 1. The van der Waals surface area contributed by atoms with Crippen molar-refractivity contribution in [1.29, 1.82) is 0 Å². The lowest BCUT2D eigenvalue weighted by Gasteiger charge is -2.02. The first kappa shape index (κ1) is 11.4. The monoisotopic (exact) mass is 247 g/mol. The topological polar surface area (TPSA) is 42.1 Å². The van der Waals surface area contributed by atoms with Gasteiger partial charge in [0.05, 0.1) is 23.6 Å². The minimum Gasteiger partial charge on any atom is -0.465 e. The smallest absolute Gasteiger partial charge is 0.340 e. The van der Waals surface area contributed by atoms with Crippen LogP contribution in [0.4, 0.5) is 17.6 Å². The lowest BCUT2D eigenvalue weighted by atomic mass is 10.1. The Morgan fingerprint density at radius 3 is 2.29 bits per heavy atom. The predicted octanol–water partition coefficient (Wildman–Crippen LogP) is 2.51. The third-order valence-electron chi connectivity index (χ3n) is 2.30. The van der Waals surface area contributed by atoms with E-state index in [1.54, 1.807) is 0 Å². The number of carbonyl (C=O) groups excluding carboxylic acids is 1. The predicted molar refractivity (Wildman–Crippen MR) is 49.5 cm³/mol. The number of aromatic nitrogens is 1. The third kappa shape index (κ3) is 1.46. The van der Waals surface area contributed by atoms with E-state index in [0.29, 0.717) is 0 Å². The van der Waals surface area contributed by atoms with E-state index in [9.17, 15) is 22.4 Å². The van der Waals surface area contributed by atoms with Crippen LogP contribution in [-0.2, 0) is 4.74 Å². The van der Waals surface area contributed by atoms with Gasteiger partial charge in [-0.15, -0.1) is 0 Å². The van der Waals surface area contributed by atoms with E-state index in [0.717, 1.165) is 13.3 Å². The van der Waals surface area contributed by atoms with Crippen LogP contribution in [0.1, 0.15) is 10.4 Å². The zero-order chi connectivity index (χ0) is 12.7. The zero-order valence-electron chi connectivity index (χ0n) is 8.41. The Balaban J connectivity index is 2.90. The van der Waals surface area contributed by atoms with Crippen molar-refractivity contribution in [2.45, 2.75) is 0 Å². The summed E-state index contributed by atoms with van der Waals surface area (Å²) in [5.41, 5.74) is -1.03. The molecule has 0 aliphatic rings. The highest BCUT2D eigenvalue weighted by Gasteiger charge is 2.26. The molecule has 0 saturated heterocycles. The molecule has 0 bridgehead atoms. The second-order valence-electron chi connectivity index (χ2n) is 3.20. The molecular formula is C10H5F4NO2. The van der Waals surface area contributed by atoms with Gasteiger partial charge in [0.1, 0.15) is 0 Å². The van der Waals surface area contributed by atoms with E-state index >= 15 is 0 Å². The van der Waals surface area contributed by atoms with Crippen molar-refractivity contribution < 1.29 is 27.1 Å². The molecule has 3 nitrogen and oxygen atoms in total.